The van der Waals surface area contributed by atoms with Gasteiger partial charge in [0.1, 0.15) is 11.5 Å². The molecule has 6 nitrogen and oxygen atoms in total. The molecular weight excluding hydrogens is 355 g/mol. The summed E-state index contributed by atoms with van der Waals surface area (Å²) in [6.07, 6.45) is 4.03. The van der Waals surface area contributed by atoms with Gasteiger partial charge in [0.05, 0.1) is 11.1 Å². The maximum absolute atomic E-state index is 14.3. The molecule has 0 aliphatic carbocycles. The van der Waals surface area contributed by atoms with Crippen molar-refractivity contribution in [3.63, 3.8) is 0 Å². The molecule has 1 aromatic carbocycles. The summed E-state index contributed by atoms with van der Waals surface area (Å²) in [6, 6.07) is 3.91. The van der Waals surface area contributed by atoms with Crippen molar-refractivity contribution in [2.45, 2.75) is 18.2 Å². The van der Waals surface area contributed by atoms with Crippen LogP contribution in [-0.4, -0.2) is 42.1 Å². The molecule has 1 aliphatic rings. The first-order valence-electron chi connectivity index (χ1n) is 7.43. The molecule has 1 saturated heterocycles. The summed E-state index contributed by atoms with van der Waals surface area (Å²) in [7, 11) is -3.69. The van der Waals surface area contributed by atoms with E-state index < -0.39 is 15.8 Å². The molecule has 9 heteroatoms. The van der Waals surface area contributed by atoms with Crippen molar-refractivity contribution in [1.29, 1.82) is 0 Å². The van der Waals surface area contributed by atoms with Crippen molar-refractivity contribution in [2.75, 3.05) is 19.6 Å². The van der Waals surface area contributed by atoms with Gasteiger partial charge in [0.25, 0.3) is 0 Å². The molecule has 0 saturated carbocycles. The van der Waals surface area contributed by atoms with Crippen LogP contribution in [0.5, 0.6) is 0 Å². The van der Waals surface area contributed by atoms with Gasteiger partial charge in [0.2, 0.25) is 10.0 Å². The summed E-state index contributed by atoms with van der Waals surface area (Å²) in [5.41, 5.74) is 6.71. The number of benzene rings is 1. The fourth-order valence-electron chi connectivity index (χ4n) is 2.74. The third-order valence-corrected chi connectivity index (χ3v) is 5.96. The molecule has 0 spiro atoms. The molecule has 2 heterocycles. The molecule has 1 unspecified atom stereocenters. The number of nitrogens with two attached hydrogens (primary N) is 1. The van der Waals surface area contributed by atoms with Gasteiger partial charge in [-0.3, -0.25) is 0 Å². The summed E-state index contributed by atoms with van der Waals surface area (Å²) < 4.78 is 42.3. The summed E-state index contributed by atoms with van der Waals surface area (Å²) in [5, 5.41) is 4.04. The van der Waals surface area contributed by atoms with E-state index in [-0.39, 0.29) is 28.9 Å². The van der Waals surface area contributed by atoms with Crippen LogP contribution in [0.2, 0.25) is 0 Å². The highest BCUT2D eigenvalue weighted by molar-refractivity contribution is 7.89. The number of nitrogens with zero attached hydrogens (tertiary/aromatic N) is 3. The fraction of sp³-hybridized carbons (Fsp3) is 0.400. The standard InChI is InChI=1S/C15H19FN4O2S.ClH/c1-11-8-18-20(9-11)15-3-2-13(6-14(15)16)23(21,22)19-5-4-12(7-17)10-19;/h2-3,6,8-9,12H,4-5,7,10,17H2,1H3;1H. The summed E-state index contributed by atoms with van der Waals surface area (Å²) >= 11 is 0. The minimum absolute atomic E-state index is 0. The molecular formula is C15H20ClFN4O2S. The molecule has 2 aromatic rings. The second-order valence-corrected chi connectivity index (χ2v) is 7.77. The highest BCUT2D eigenvalue weighted by Crippen LogP contribution is 2.25. The number of rotatable bonds is 4. The Hall–Kier alpha value is -1.48. The highest BCUT2D eigenvalue weighted by Gasteiger charge is 2.32. The minimum atomic E-state index is -3.69. The van der Waals surface area contributed by atoms with E-state index in [0.29, 0.717) is 19.6 Å². The van der Waals surface area contributed by atoms with Gasteiger partial charge in [-0.25, -0.2) is 17.5 Å². The Labute approximate surface area is 146 Å². The lowest BCUT2D eigenvalue weighted by atomic mass is 10.1. The van der Waals surface area contributed by atoms with Crippen molar-refractivity contribution in [1.82, 2.24) is 14.1 Å². The van der Waals surface area contributed by atoms with E-state index in [1.807, 2.05) is 6.92 Å². The van der Waals surface area contributed by atoms with E-state index in [1.165, 1.54) is 21.1 Å². The third kappa shape index (κ3) is 3.46. The van der Waals surface area contributed by atoms with Gasteiger partial charge < -0.3 is 5.73 Å². The lowest BCUT2D eigenvalue weighted by molar-refractivity contribution is 0.458. The number of aromatic nitrogens is 2. The van der Waals surface area contributed by atoms with Crippen LogP contribution in [0, 0.1) is 18.7 Å². The normalized spacial score (nSPS) is 18.5. The molecule has 2 N–H and O–H groups in total. The van der Waals surface area contributed by atoms with Crippen molar-refractivity contribution < 1.29 is 12.8 Å². The number of halogens is 2. The molecule has 1 aromatic heterocycles. The van der Waals surface area contributed by atoms with Gasteiger partial charge in [0.15, 0.2) is 0 Å². The first-order chi connectivity index (χ1) is 10.9. The number of hydrogen-bond donors (Lipinski definition) is 1. The van der Waals surface area contributed by atoms with Gasteiger partial charge in [-0.2, -0.15) is 9.40 Å². The van der Waals surface area contributed by atoms with E-state index in [4.69, 9.17) is 5.73 Å². The lowest BCUT2D eigenvalue weighted by Gasteiger charge is -2.17. The van der Waals surface area contributed by atoms with Gasteiger partial charge in [-0.15, -0.1) is 12.4 Å². The molecule has 3 rings (SSSR count). The summed E-state index contributed by atoms with van der Waals surface area (Å²) in [4.78, 5) is -0.0414. The summed E-state index contributed by atoms with van der Waals surface area (Å²) in [6.45, 7) is 3.12. The Morgan fingerprint density at radius 2 is 2.17 bits per heavy atom. The maximum Gasteiger partial charge on any atom is 0.243 e. The van der Waals surface area contributed by atoms with Gasteiger partial charge >= 0.3 is 0 Å². The van der Waals surface area contributed by atoms with Crippen molar-refractivity contribution in [3.05, 3.63) is 42.0 Å². The predicted molar refractivity (Wildman–Crippen MR) is 91.4 cm³/mol. The van der Waals surface area contributed by atoms with Crippen LogP contribution < -0.4 is 5.73 Å². The van der Waals surface area contributed by atoms with Gasteiger partial charge in [0, 0.05) is 19.3 Å². The molecule has 1 fully saturated rings. The van der Waals surface area contributed by atoms with Crippen LogP contribution in [0.1, 0.15) is 12.0 Å². The second-order valence-electron chi connectivity index (χ2n) is 5.83. The van der Waals surface area contributed by atoms with Crippen LogP contribution in [0.25, 0.3) is 5.69 Å². The topological polar surface area (TPSA) is 81.2 Å². The monoisotopic (exact) mass is 374 g/mol. The van der Waals surface area contributed by atoms with Crippen LogP contribution in [0.15, 0.2) is 35.5 Å². The Morgan fingerprint density at radius 1 is 1.42 bits per heavy atom. The first-order valence-corrected chi connectivity index (χ1v) is 8.87. The largest absolute Gasteiger partial charge is 0.330 e. The molecule has 24 heavy (non-hydrogen) atoms. The van der Waals surface area contributed by atoms with E-state index in [1.54, 1.807) is 12.4 Å². The van der Waals surface area contributed by atoms with Crippen LogP contribution in [0.4, 0.5) is 4.39 Å². The van der Waals surface area contributed by atoms with Crippen molar-refractivity contribution in [2.24, 2.45) is 11.7 Å². The Balaban J connectivity index is 0.00000208. The smallest absolute Gasteiger partial charge is 0.243 e. The number of aryl methyl sites for hydroxylation is 1. The zero-order valence-corrected chi connectivity index (χ0v) is 14.9. The minimum Gasteiger partial charge on any atom is -0.330 e. The Kier molecular flexibility index (Phi) is 5.64. The third-order valence-electron chi connectivity index (χ3n) is 4.10. The Morgan fingerprint density at radius 3 is 2.71 bits per heavy atom. The van der Waals surface area contributed by atoms with Crippen LogP contribution in [0.3, 0.4) is 0 Å². The zero-order chi connectivity index (χ0) is 16.6. The number of sulfonamides is 1. The van der Waals surface area contributed by atoms with Crippen LogP contribution >= 0.6 is 12.4 Å². The number of hydrogen-bond acceptors (Lipinski definition) is 4. The first kappa shape index (κ1) is 18.9. The second kappa shape index (κ2) is 7.18. The molecule has 132 valence electrons. The van der Waals surface area contributed by atoms with Crippen LogP contribution in [-0.2, 0) is 10.0 Å². The van der Waals surface area contributed by atoms with Crippen molar-refractivity contribution in [3.8, 4) is 5.69 Å². The molecule has 0 radical (unpaired) electrons. The Bertz CT molecular complexity index is 825. The van der Waals surface area contributed by atoms with E-state index in [0.717, 1.165) is 18.1 Å². The van der Waals surface area contributed by atoms with E-state index >= 15 is 0 Å². The SMILES string of the molecule is Cc1cnn(-c2ccc(S(=O)(=O)N3CCC(CN)C3)cc2F)c1.Cl. The van der Waals surface area contributed by atoms with Crippen molar-refractivity contribution >= 4 is 22.4 Å². The highest BCUT2D eigenvalue weighted by atomic mass is 35.5. The van der Waals surface area contributed by atoms with Gasteiger partial charge in [-0.1, -0.05) is 0 Å². The maximum atomic E-state index is 14.3. The molecule has 1 aliphatic heterocycles. The predicted octanol–water partition coefficient (Wildman–Crippen LogP) is 1.71. The zero-order valence-electron chi connectivity index (χ0n) is 13.2. The van der Waals surface area contributed by atoms with Gasteiger partial charge in [-0.05, 0) is 49.6 Å². The molecule has 1 atom stereocenters. The quantitative estimate of drug-likeness (QED) is 0.883. The molecule has 0 bridgehead atoms. The fourth-order valence-corrected chi connectivity index (χ4v) is 4.28. The molecule has 0 amide bonds. The average Bonchev–Trinajstić information content (AvgIpc) is 3.16. The summed E-state index contributed by atoms with van der Waals surface area (Å²) in [5.74, 6) is -0.454. The average molecular weight is 375 g/mol. The van der Waals surface area contributed by atoms with E-state index in [9.17, 15) is 12.8 Å². The lowest BCUT2D eigenvalue weighted by Crippen LogP contribution is -2.30. The van der Waals surface area contributed by atoms with E-state index in [2.05, 4.69) is 5.10 Å².